The van der Waals surface area contributed by atoms with Gasteiger partial charge in [0.1, 0.15) is 35.8 Å². The molecule has 16 nitrogen and oxygen atoms in total. The number of aromatic nitrogens is 3. The highest BCUT2D eigenvalue weighted by Gasteiger charge is 2.88. The number of nitrogens with zero attached hydrogens (tertiary/aromatic N) is 3. The maximum absolute atomic E-state index is 15.1. The van der Waals surface area contributed by atoms with E-state index < -0.39 is 73.0 Å². The quantitative estimate of drug-likeness (QED) is 0.0907. The first-order chi connectivity index (χ1) is 26.3. The third kappa shape index (κ3) is 8.31. The number of carbonyl (C=O) groups is 3. The van der Waals surface area contributed by atoms with Gasteiger partial charge >= 0.3 is 25.7 Å². The second-order valence-electron chi connectivity index (χ2n) is 16.2. The van der Waals surface area contributed by atoms with E-state index in [1.54, 1.807) is 52.0 Å². The van der Waals surface area contributed by atoms with Crippen LogP contribution < -0.4 is 21.1 Å². The van der Waals surface area contributed by atoms with Crippen molar-refractivity contribution in [1.82, 2.24) is 19.7 Å². The minimum absolute atomic E-state index is 0.152. The first-order valence-corrected chi connectivity index (χ1v) is 20.7. The maximum Gasteiger partial charge on any atom is 0.459 e. The van der Waals surface area contributed by atoms with E-state index in [1.165, 1.54) is 17.8 Å². The van der Waals surface area contributed by atoms with E-state index in [0.717, 1.165) is 18.4 Å². The number of benzene rings is 1. The molecule has 3 aromatic rings. The molecule has 2 aliphatic rings. The average molecular weight is 801 g/mol. The summed E-state index contributed by atoms with van der Waals surface area (Å²) in [4.78, 5) is 44.4. The van der Waals surface area contributed by atoms with Crippen LogP contribution in [0.5, 0.6) is 5.75 Å². The molecule has 5 N–H and O–H groups in total. The van der Waals surface area contributed by atoms with Gasteiger partial charge in [0.05, 0.1) is 24.1 Å². The molecule has 308 valence electrons. The van der Waals surface area contributed by atoms with Gasteiger partial charge in [-0.3, -0.25) is 18.9 Å². The summed E-state index contributed by atoms with van der Waals surface area (Å²) in [5.74, 6) is -2.77. The molecule has 1 aromatic carbocycles. The van der Waals surface area contributed by atoms with Crippen LogP contribution in [-0.4, -0.2) is 75.6 Å². The molecular formula is C39H57N6O10P. The molecule has 17 heteroatoms. The van der Waals surface area contributed by atoms with Crippen LogP contribution in [0.1, 0.15) is 93.3 Å². The van der Waals surface area contributed by atoms with Crippen LogP contribution in [0.3, 0.4) is 0 Å². The zero-order chi connectivity index (χ0) is 41.4. The van der Waals surface area contributed by atoms with Crippen molar-refractivity contribution in [2.75, 3.05) is 18.9 Å². The summed E-state index contributed by atoms with van der Waals surface area (Å²) in [6.45, 7) is 18.1. The Morgan fingerprint density at radius 2 is 1.62 bits per heavy atom. The smallest absolute Gasteiger partial charge is 0.459 e. The van der Waals surface area contributed by atoms with Crippen molar-refractivity contribution in [2.45, 2.75) is 123 Å². The summed E-state index contributed by atoms with van der Waals surface area (Å²) < 4.78 is 53.7. The molecule has 2 fully saturated rings. The molecule has 0 bridgehead atoms. The molecule has 5 rings (SSSR count). The van der Waals surface area contributed by atoms with Crippen molar-refractivity contribution >= 4 is 37.0 Å². The highest BCUT2D eigenvalue weighted by molar-refractivity contribution is 7.52. The van der Waals surface area contributed by atoms with Crippen molar-refractivity contribution in [1.29, 1.82) is 0 Å². The highest BCUT2D eigenvalue weighted by atomic mass is 31.2. The zero-order valence-electron chi connectivity index (χ0n) is 33.9. The van der Waals surface area contributed by atoms with Crippen LogP contribution in [0.4, 0.5) is 5.82 Å². The van der Waals surface area contributed by atoms with Gasteiger partial charge in [0.25, 0.3) is 0 Å². The number of esters is 3. The van der Waals surface area contributed by atoms with Gasteiger partial charge in [-0.15, -0.1) is 0 Å². The van der Waals surface area contributed by atoms with Gasteiger partial charge in [-0.25, -0.2) is 14.1 Å². The summed E-state index contributed by atoms with van der Waals surface area (Å²) in [5, 5.41) is 7.10. The minimum atomic E-state index is -4.60. The zero-order valence-corrected chi connectivity index (χ0v) is 34.8. The number of ether oxygens (including phenoxy) is 4. The minimum Gasteiger partial charge on any atom is -0.464 e. The van der Waals surface area contributed by atoms with E-state index in [2.05, 4.69) is 35.9 Å². The number of fused-ring (bicyclic) bond motifs is 2. The van der Waals surface area contributed by atoms with Gasteiger partial charge < -0.3 is 34.9 Å². The number of hydrogen-bond donors (Lipinski definition) is 3. The van der Waals surface area contributed by atoms with Gasteiger partial charge in [0.2, 0.25) is 5.60 Å². The Labute approximate surface area is 328 Å². The second kappa shape index (κ2) is 16.4. The Kier molecular flexibility index (Phi) is 12.6. The molecule has 0 spiro atoms. The molecule has 56 heavy (non-hydrogen) atoms. The van der Waals surface area contributed by atoms with Crippen LogP contribution in [0.25, 0.3) is 5.52 Å². The van der Waals surface area contributed by atoms with Crippen LogP contribution in [0, 0.1) is 17.8 Å². The van der Waals surface area contributed by atoms with E-state index in [9.17, 15) is 14.4 Å². The lowest BCUT2D eigenvalue weighted by Gasteiger charge is -2.38. The summed E-state index contributed by atoms with van der Waals surface area (Å²) in [6, 6.07) is 9.11. The highest BCUT2D eigenvalue weighted by Crippen LogP contribution is 2.66. The fourth-order valence-electron chi connectivity index (χ4n) is 6.72. The Bertz CT molecular complexity index is 1940. The Hall–Kier alpha value is -4.08. The number of nitrogens with two attached hydrogens (primary N) is 2. The number of nitrogens with one attached hydrogen (secondary N) is 1. The topological polar surface area (TPSA) is 218 Å². The molecular weight excluding hydrogens is 743 g/mol. The van der Waals surface area contributed by atoms with Crippen LogP contribution in [0.2, 0.25) is 0 Å². The monoisotopic (exact) mass is 800 g/mol. The number of nitrogen functional groups attached to an aromatic ring is 1. The van der Waals surface area contributed by atoms with Crippen LogP contribution in [-0.2, 0) is 53.4 Å². The molecule has 2 unspecified atom stereocenters. The molecule has 1 saturated heterocycles. The Balaban J connectivity index is 1.58. The van der Waals surface area contributed by atoms with Crippen molar-refractivity contribution in [3.63, 3.8) is 0 Å². The van der Waals surface area contributed by atoms with Crippen molar-refractivity contribution in [2.24, 2.45) is 23.5 Å². The number of carbonyl (C=O) groups excluding carboxylic acids is 3. The lowest BCUT2D eigenvalue weighted by atomic mass is 9.87. The largest absolute Gasteiger partial charge is 0.464 e. The molecule has 2 aromatic heterocycles. The van der Waals surface area contributed by atoms with Gasteiger partial charge in [-0.2, -0.15) is 10.2 Å². The summed E-state index contributed by atoms with van der Waals surface area (Å²) in [7, 11) is -4.60. The Morgan fingerprint density at radius 1 is 0.982 bits per heavy atom. The van der Waals surface area contributed by atoms with E-state index in [4.69, 9.17) is 39.5 Å². The van der Waals surface area contributed by atoms with Gasteiger partial charge in [-0.05, 0) is 48.1 Å². The second-order valence-corrected chi connectivity index (χ2v) is 17.9. The molecule has 0 radical (unpaired) electrons. The van der Waals surface area contributed by atoms with Crippen molar-refractivity contribution in [3.8, 4) is 5.75 Å². The van der Waals surface area contributed by atoms with E-state index >= 15 is 4.57 Å². The number of rotatable bonds is 17. The number of hydrogen-bond acceptors (Lipinski definition) is 14. The van der Waals surface area contributed by atoms with Crippen molar-refractivity contribution in [3.05, 3.63) is 54.0 Å². The summed E-state index contributed by atoms with van der Waals surface area (Å²) >= 11 is 0. The first-order valence-electron chi connectivity index (χ1n) is 19.2. The predicted molar refractivity (Wildman–Crippen MR) is 207 cm³/mol. The fourth-order valence-corrected chi connectivity index (χ4v) is 8.43. The van der Waals surface area contributed by atoms with Crippen LogP contribution >= 0.6 is 7.75 Å². The van der Waals surface area contributed by atoms with Crippen LogP contribution in [0.15, 0.2) is 42.7 Å². The van der Waals surface area contributed by atoms with Gasteiger partial charge in [-0.1, -0.05) is 87.3 Å². The molecule has 0 amide bonds. The first kappa shape index (κ1) is 43.1. The van der Waals surface area contributed by atoms with E-state index in [-0.39, 0.29) is 36.1 Å². The maximum atomic E-state index is 15.1. The standard InChI is InChI=1S/C39H57N6O10P/c1-11-25(12-2)19-50-35(48)24(7)44-56(49,54-27-15-13-26(14-16-27)37(8,9)10)55-31-30-39(31,53-34(47)23(5)6)36(51-33(46)22(3)4)38(20-40,52-30)29-18-17-28-32(41)42-21-43-45(28)29/h13-18,21-25,30-31,36H,11-12,19-20,40H2,1-10H3,(H,44,49)(H2,41,42,43)/t24-,30+,31?,36-,38-,39-,56?/m0/s1. The van der Waals surface area contributed by atoms with E-state index in [1.807, 2.05) is 26.0 Å². The Morgan fingerprint density at radius 3 is 2.20 bits per heavy atom. The lowest BCUT2D eigenvalue weighted by Crippen LogP contribution is -2.56. The molecule has 3 heterocycles. The van der Waals surface area contributed by atoms with Crippen molar-refractivity contribution < 1.29 is 46.9 Å². The summed E-state index contributed by atoms with van der Waals surface area (Å²) in [6.07, 6.45) is -1.11. The predicted octanol–water partition coefficient (Wildman–Crippen LogP) is 5.21. The molecule has 1 aliphatic carbocycles. The fraction of sp³-hybridized carbons (Fsp3) is 0.615. The normalized spacial score (nSPS) is 24.9. The van der Waals surface area contributed by atoms with Gasteiger partial charge in [0.15, 0.2) is 17.5 Å². The summed E-state index contributed by atoms with van der Waals surface area (Å²) in [5.41, 5.74) is 10.7. The third-order valence-electron chi connectivity index (χ3n) is 10.4. The lowest BCUT2D eigenvalue weighted by molar-refractivity contribution is -0.193. The molecule has 1 saturated carbocycles. The SMILES string of the molecule is CCC(CC)COC(=O)[C@H](C)NP(=O)(Oc1ccc(C(C)(C)C)cc1)OC1[C@H]2O[C@@](CN)(c3ccc4c(N)ncnn34)[C@H](OC(=O)C(C)C)[C@@]12OC(=O)C(C)C. The average Bonchev–Trinajstić information content (AvgIpc) is 3.39. The molecule has 1 aliphatic heterocycles. The van der Waals surface area contributed by atoms with E-state index in [0.29, 0.717) is 11.2 Å². The van der Waals surface area contributed by atoms with Gasteiger partial charge in [0, 0.05) is 6.54 Å². The number of anilines is 1. The molecule has 7 atom stereocenters. The third-order valence-corrected chi connectivity index (χ3v) is 12.1.